The van der Waals surface area contributed by atoms with Crippen LogP contribution in [0.1, 0.15) is 41.9 Å². The van der Waals surface area contributed by atoms with Crippen molar-refractivity contribution >= 4 is 17.2 Å². The number of nitrogens with one attached hydrogen (secondary N) is 1. The number of fused-ring (bicyclic) bond motifs is 2. The molecule has 4 rings (SSSR count). The monoisotopic (exact) mass is 344 g/mol. The number of amides is 1. The molecule has 2 atom stereocenters. The summed E-state index contributed by atoms with van der Waals surface area (Å²) in [5, 5.41) is 5.59. The fourth-order valence-corrected chi connectivity index (χ4v) is 4.71. The highest BCUT2D eigenvalue weighted by Gasteiger charge is 2.27. The molecule has 6 heteroatoms. The lowest BCUT2D eigenvalue weighted by Gasteiger charge is -2.31. The molecule has 24 heavy (non-hydrogen) atoms. The topological polar surface area (TPSA) is 50.2 Å². The first-order valence-corrected chi connectivity index (χ1v) is 9.69. The molecular formula is C18H24N4OS. The third-order valence-electron chi connectivity index (χ3n) is 5.22. The van der Waals surface area contributed by atoms with Crippen LogP contribution in [0.25, 0.3) is 0 Å². The van der Waals surface area contributed by atoms with Gasteiger partial charge < -0.3 is 14.8 Å². The van der Waals surface area contributed by atoms with Gasteiger partial charge in [-0.2, -0.15) is 0 Å². The van der Waals surface area contributed by atoms with Crippen molar-refractivity contribution in [1.29, 1.82) is 0 Å². The Bertz CT molecular complexity index is 722. The van der Waals surface area contributed by atoms with Crippen LogP contribution in [-0.4, -0.2) is 39.5 Å². The maximum Gasteiger partial charge on any atom is 0.239 e. The summed E-state index contributed by atoms with van der Waals surface area (Å²) in [6, 6.07) is 2.01. The van der Waals surface area contributed by atoms with Crippen LogP contribution >= 0.6 is 11.3 Å². The highest BCUT2D eigenvalue weighted by molar-refractivity contribution is 7.10. The molecule has 0 radical (unpaired) electrons. The predicted octanol–water partition coefficient (Wildman–Crippen LogP) is 2.39. The van der Waals surface area contributed by atoms with Crippen LogP contribution in [0.4, 0.5) is 0 Å². The zero-order chi connectivity index (χ0) is 16.5. The summed E-state index contributed by atoms with van der Waals surface area (Å²) in [6.45, 7) is 5.48. The molecule has 1 N–H and O–H groups in total. The van der Waals surface area contributed by atoms with E-state index in [-0.39, 0.29) is 11.9 Å². The minimum Gasteiger partial charge on any atom is -0.337 e. The molecule has 0 saturated heterocycles. The van der Waals surface area contributed by atoms with Gasteiger partial charge in [0.25, 0.3) is 0 Å². The molecular weight excluding hydrogens is 320 g/mol. The zero-order valence-electron chi connectivity index (χ0n) is 14.1. The van der Waals surface area contributed by atoms with Crippen molar-refractivity contribution in [2.75, 3.05) is 13.1 Å². The second-order valence-electron chi connectivity index (χ2n) is 6.83. The number of aromatic nitrogens is 2. The van der Waals surface area contributed by atoms with Crippen molar-refractivity contribution in [3.05, 3.63) is 40.1 Å². The highest BCUT2D eigenvalue weighted by Crippen LogP contribution is 2.26. The molecule has 0 aliphatic carbocycles. The Hall–Kier alpha value is -1.66. The van der Waals surface area contributed by atoms with Gasteiger partial charge in [-0.15, -0.1) is 11.3 Å². The molecule has 2 aliphatic heterocycles. The van der Waals surface area contributed by atoms with Gasteiger partial charge in [0, 0.05) is 49.4 Å². The van der Waals surface area contributed by atoms with E-state index in [1.807, 2.05) is 29.4 Å². The van der Waals surface area contributed by atoms with Gasteiger partial charge in [-0.25, -0.2) is 4.98 Å². The number of hydrogen-bond donors (Lipinski definition) is 1. The summed E-state index contributed by atoms with van der Waals surface area (Å²) in [4.78, 5) is 20.7. The molecule has 0 unspecified atom stereocenters. The average Bonchev–Trinajstić information content (AvgIpc) is 3.26. The first-order chi connectivity index (χ1) is 11.7. The molecule has 128 valence electrons. The summed E-state index contributed by atoms with van der Waals surface area (Å²) in [5.74, 6) is 1.79. The summed E-state index contributed by atoms with van der Waals surface area (Å²) >= 11 is 1.81. The second kappa shape index (κ2) is 6.69. The molecule has 5 nitrogen and oxygen atoms in total. The van der Waals surface area contributed by atoms with Crippen LogP contribution in [0.3, 0.4) is 0 Å². The average molecular weight is 344 g/mol. The lowest BCUT2D eigenvalue weighted by Crippen LogP contribution is -2.47. The predicted molar refractivity (Wildman–Crippen MR) is 95.1 cm³/mol. The number of hydrogen-bond acceptors (Lipinski definition) is 4. The van der Waals surface area contributed by atoms with Crippen LogP contribution in [0.5, 0.6) is 0 Å². The first kappa shape index (κ1) is 15.8. The Balaban J connectivity index is 1.34. The van der Waals surface area contributed by atoms with Gasteiger partial charge >= 0.3 is 0 Å². The molecule has 2 aromatic rings. The summed E-state index contributed by atoms with van der Waals surface area (Å²) < 4.78 is 2.24. The zero-order valence-corrected chi connectivity index (χ0v) is 14.9. The Kier molecular flexibility index (Phi) is 4.41. The fraction of sp³-hybridized carbons (Fsp3) is 0.556. The van der Waals surface area contributed by atoms with Crippen LogP contribution in [0, 0.1) is 0 Å². The van der Waals surface area contributed by atoms with Crippen molar-refractivity contribution < 1.29 is 4.79 Å². The Morgan fingerprint density at radius 2 is 2.42 bits per heavy atom. The summed E-state index contributed by atoms with van der Waals surface area (Å²) in [6.07, 6.45) is 7.26. The van der Waals surface area contributed by atoms with E-state index < -0.39 is 0 Å². The quantitative estimate of drug-likeness (QED) is 0.926. The molecule has 1 amide bonds. The van der Waals surface area contributed by atoms with E-state index in [4.69, 9.17) is 0 Å². The van der Waals surface area contributed by atoms with E-state index in [1.165, 1.54) is 16.9 Å². The number of thiophene rings is 1. The number of nitrogens with zero attached hydrogens (tertiary/aromatic N) is 3. The Morgan fingerprint density at radius 3 is 3.33 bits per heavy atom. The van der Waals surface area contributed by atoms with E-state index >= 15 is 0 Å². The molecule has 2 aromatic heterocycles. The van der Waals surface area contributed by atoms with Gasteiger partial charge in [0.15, 0.2) is 0 Å². The Morgan fingerprint density at radius 1 is 1.50 bits per heavy atom. The van der Waals surface area contributed by atoms with Crippen molar-refractivity contribution in [3.63, 3.8) is 0 Å². The highest BCUT2D eigenvalue weighted by atomic mass is 32.1. The largest absolute Gasteiger partial charge is 0.337 e. The molecule has 2 aliphatic rings. The molecule has 0 saturated carbocycles. The van der Waals surface area contributed by atoms with Crippen LogP contribution in [-0.2, 0) is 24.3 Å². The smallest absolute Gasteiger partial charge is 0.239 e. The van der Waals surface area contributed by atoms with Gasteiger partial charge in [-0.3, -0.25) is 4.79 Å². The fourth-order valence-electron chi connectivity index (χ4n) is 3.82. The summed E-state index contributed by atoms with van der Waals surface area (Å²) in [7, 11) is 0. The molecule has 0 fully saturated rings. The SMILES string of the molecule is C[C@H](NC[C@H]1CCCn2ccnc21)C(=O)N1CCc2sccc2C1. The minimum absolute atomic E-state index is 0.143. The molecule has 4 heterocycles. The van der Waals surface area contributed by atoms with E-state index in [0.717, 1.165) is 44.8 Å². The minimum atomic E-state index is -0.143. The molecule has 0 spiro atoms. The Labute approximate surface area is 146 Å². The third-order valence-corrected chi connectivity index (χ3v) is 6.25. The molecule has 0 bridgehead atoms. The van der Waals surface area contributed by atoms with Gasteiger partial charge in [-0.1, -0.05) is 0 Å². The first-order valence-electron chi connectivity index (χ1n) is 8.81. The normalized spacial score (nSPS) is 21.2. The van der Waals surface area contributed by atoms with Gasteiger partial charge in [0.05, 0.1) is 6.04 Å². The number of carbonyl (C=O) groups excluding carboxylic acids is 1. The summed E-state index contributed by atoms with van der Waals surface area (Å²) in [5.41, 5.74) is 1.32. The van der Waals surface area contributed by atoms with Gasteiger partial charge in [0.2, 0.25) is 5.91 Å². The molecule has 0 aromatic carbocycles. The number of rotatable bonds is 4. The van der Waals surface area contributed by atoms with Gasteiger partial charge in [0.1, 0.15) is 5.82 Å². The van der Waals surface area contributed by atoms with E-state index in [2.05, 4.69) is 32.5 Å². The maximum absolute atomic E-state index is 12.7. The van der Waals surface area contributed by atoms with Gasteiger partial charge in [-0.05, 0) is 43.2 Å². The number of aryl methyl sites for hydroxylation is 1. The maximum atomic E-state index is 12.7. The van der Waals surface area contributed by atoms with Crippen molar-refractivity contribution in [2.24, 2.45) is 0 Å². The van der Waals surface area contributed by atoms with Crippen molar-refractivity contribution in [1.82, 2.24) is 19.8 Å². The second-order valence-corrected chi connectivity index (χ2v) is 7.83. The standard InChI is InChI=1S/C18H24N4OS/c1-13(18(23)22-8-4-16-15(12-22)5-10-24-16)20-11-14-3-2-7-21-9-6-19-17(14)21/h5-6,9-10,13-14,20H,2-4,7-8,11-12H2,1H3/t13-,14+/m0/s1. The van der Waals surface area contributed by atoms with Crippen LogP contribution in [0.15, 0.2) is 23.8 Å². The number of carbonyl (C=O) groups is 1. The third kappa shape index (κ3) is 3.00. The van der Waals surface area contributed by atoms with Crippen molar-refractivity contribution in [3.8, 4) is 0 Å². The van der Waals surface area contributed by atoms with E-state index in [0.29, 0.717) is 5.92 Å². The lowest BCUT2D eigenvalue weighted by molar-refractivity contribution is -0.134. The van der Waals surface area contributed by atoms with E-state index in [9.17, 15) is 4.79 Å². The van der Waals surface area contributed by atoms with E-state index in [1.54, 1.807) is 0 Å². The van der Waals surface area contributed by atoms with Crippen molar-refractivity contribution in [2.45, 2.75) is 51.2 Å². The number of imidazole rings is 1. The van der Waals surface area contributed by atoms with Crippen LogP contribution in [0.2, 0.25) is 0 Å². The van der Waals surface area contributed by atoms with Crippen LogP contribution < -0.4 is 5.32 Å². The lowest BCUT2D eigenvalue weighted by atomic mass is 9.98.